The van der Waals surface area contributed by atoms with Crippen molar-refractivity contribution >= 4 is 17.1 Å². The average molecular weight is 335 g/mol. The Balaban J connectivity index is 1.69. The van der Waals surface area contributed by atoms with Crippen LogP contribution in [0.4, 0.5) is 0 Å². The number of carbonyl (C=O) groups is 1. The van der Waals surface area contributed by atoms with Gasteiger partial charge in [-0.25, -0.2) is 4.68 Å². The molecule has 0 amide bonds. The second-order valence-electron chi connectivity index (χ2n) is 5.94. The zero-order valence-electron chi connectivity index (χ0n) is 13.4. The summed E-state index contributed by atoms with van der Waals surface area (Å²) in [4.78, 5) is 15.4. The molecule has 124 valence electrons. The molecule has 0 radical (unpaired) electrons. The summed E-state index contributed by atoms with van der Waals surface area (Å²) < 4.78 is 7.41. The highest BCUT2D eigenvalue weighted by Gasteiger charge is 2.27. The molecule has 1 aliphatic heterocycles. The van der Waals surface area contributed by atoms with E-state index in [-0.39, 0.29) is 17.9 Å². The molecular weight excluding hydrogens is 314 g/mol. The third-order valence-electron chi connectivity index (χ3n) is 3.96. The van der Waals surface area contributed by atoms with Crippen molar-refractivity contribution in [1.29, 1.82) is 0 Å². The maximum atomic E-state index is 12.4. The number of morpholine rings is 1. The molecule has 2 aromatic heterocycles. The van der Waals surface area contributed by atoms with Gasteiger partial charge in [0.15, 0.2) is 11.6 Å². The Hall–Kier alpha value is -1.64. The van der Waals surface area contributed by atoms with Gasteiger partial charge in [-0.15, -0.1) is 16.4 Å². The lowest BCUT2D eigenvalue weighted by atomic mass is 10.1. The maximum Gasteiger partial charge on any atom is 0.174 e. The molecule has 0 saturated carbocycles. The summed E-state index contributed by atoms with van der Waals surface area (Å²) in [6.07, 6.45) is 0.462. The van der Waals surface area contributed by atoms with Crippen LogP contribution in [0.5, 0.6) is 0 Å². The van der Waals surface area contributed by atoms with Crippen molar-refractivity contribution in [2.75, 3.05) is 19.8 Å². The van der Waals surface area contributed by atoms with Crippen LogP contribution in [-0.4, -0.2) is 56.7 Å². The largest absolute Gasteiger partial charge is 0.378 e. The maximum absolute atomic E-state index is 12.4. The molecule has 8 heteroatoms. The van der Waals surface area contributed by atoms with E-state index in [0.717, 1.165) is 17.2 Å². The molecule has 0 spiro atoms. The topological polar surface area (TPSA) is 73.1 Å². The average Bonchev–Trinajstić information content (AvgIpc) is 3.20. The smallest absolute Gasteiger partial charge is 0.174 e. The molecule has 1 atom stereocenters. The first-order valence-electron chi connectivity index (χ1n) is 7.80. The standard InChI is InChI=1S/C15H21N5O2S/c1-11(2)20-15(16-17-18-20)9-19-5-6-22-10-12(19)8-13(21)14-4-3-7-23-14/h3-4,7,11-12H,5-6,8-10H2,1-2H3/t12-/m0/s1. The van der Waals surface area contributed by atoms with E-state index in [4.69, 9.17) is 4.74 Å². The quantitative estimate of drug-likeness (QED) is 0.749. The van der Waals surface area contributed by atoms with Crippen molar-refractivity contribution < 1.29 is 9.53 Å². The van der Waals surface area contributed by atoms with Crippen LogP contribution >= 0.6 is 11.3 Å². The van der Waals surface area contributed by atoms with Gasteiger partial charge in [-0.1, -0.05) is 6.07 Å². The first-order valence-corrected chi connectivity index (χ1v) is 8.68. The summed E-state index contributed by atoms with van der Waals surface area (Å²) in [7, 11) is 0. The third-order valence-corrected chi connectivity index (χ3v) is 4.87. The molecule has 0 N–H and O–H groups in total. The molecule has 23 heavy (non-hydrogen) atoms. The molecule has 2 aromatic rings. The summed E-state index contributed by atoms with van der Waals surface area (Å²) >= 11 is 1.49. The molecule has 0 unspecified atom stereocenters. The van der Waals surface area contributed by atoms with E-state index in [2.05, 4.69) is 34.3 Å². The van der Waals surface area contributed by atoms with Gasteiger partial charge in [-0.05, 0) is 35.7 Å². The number of ether oxygens (including phenoxy) is 1. The number of ketones is 1. The lowest BCUT2D eigenvalue weighted by Crippen LogP contribution is -2.46. The van der Waals surface area contributed by atoms with E-state index in [0.29, 0.717) is 26.2 Å². The van der Waals surface area contributed by atoms with Crippen LogP contribution in [0.2, 0.25) is 0 Å². The predicted molar refractivity (Wildman–Crippen MR) is 86.5 cm³/mol. The van der Waals surface area contributed by atoms with Crippen molar-refractivity contribution in [3.63, 3.8) is 0 Å². The number of thiophene rings is 1. The second kappa shape index (κ2) is 7.29. The Bertz CT molecular complexity index is 640. The zero-order valence-corrected chi connectivity index (χ0v) is 14.2. The van der Waals surface area contributed by atoms with E-state index in [1.807, 2.05) is 22.2 Å². The van der Waals surface area contributed by atoms with Crippen LogP contribution in [0, 0.1) is 0 Å². The fourth-order valence-electron chi connectivity index (χ4n) is 2.74. The van der Waals surface area contributed by atoms with Crippen molar-refractivity contribution in [2.24, 2.45) is 0 Å². The molecule has 0 bridgehead atoms. The molecule has 0 aromatic carbocycles. The summed E-state index contributed by atoms with van der Waals surface area (Å²) in [5.41, 5.74) is 0. The molecule has 3 heterocycles. The second-order valence-corrected chi connectivity index (χ2v) is 6.88. The molecule has 1 fully saturated rings. The van der Waals surface area contributed by atoms with Gasteiger partial charge in [-0.2, -0.15) is 0 Å². The summed E-state index contributed by atoms with van der Waals surface area (Å²) in [6.45, 7) is 6.77. The van der Waals surface area contributed by atoms with Crippen molar-refractivity contribution in [1.82, 2.24) is 25.1 Å². The Kier molecular flexibility index (Phi) is 5.14. The number of tetrazole rings is 1. The minimum absolute atomic E-state index is 0.0654. The predicted octanol–water partition coefficient (Wildman–Crippen LogP) is 1.79. The van der Waals surface area contributed by atoms with E-state index in [1.165, 1.54) is 11.3 Å². The number of hydrogen-bond donors (Lipinski definition) is 0. The van der Waals surface area contributed by atoms with Crippen LogP contribution in [-0.2, 0) is 11.3 Å². The van der Waals surface area contributed by atoms with Gasteiger partial charge < -0.3 is 4.74 Å². The minimum Gasteiger partial charge on any atom is -0.378 e. The molecule has 1 aliphatic rings. The Morgan fingerprint density at radius 1 is 1.52 bits per heavy atom. The Morgan fingerprint density at radius 3 is 3.13 bits per heavy atom. The van der Waals surface area contributed by atoms with Crippen LogP contribution in [0.3, 0.4) is 0 Å². The fourth-order valence-corrected chi connectivity index (χ4v) is 3.41. The van der Waals surface area contributed by atoms with Gasteiger partial charge in [0.25, 0.3) is 0 Å². The van der Waals surface area contributed by atoms with E-state index >= 15 is 0 Å². The number of aromatic nitrogens is 4. The number of nitrogens with zero attached hydrogens (tertiary/aromatic N) is 5. The summed E-state index contributed by atoms with van der Waals surface area (Å²) in [5, 5.41) is 13.9. The van der Waals surface area contributed by atoms with Crippen LogP contribution in [0.25, 0.3) is 0 Å². The van der Waals surface area contributed by atoms with E-state index in [9.17, 15) is 4.79 Å². The zero-order chi connectivity index (χ0) is 16.2. The van der Waals surface area contributed by atoms with Gasteiger partial charge in [0.1, 0.15) is 0 Å². The molecule has 0 aliphatic carbocycles. The number of rotatable bonds is 6. The number of carbonyl (C=O) groups excluding carboxylic acids is 1. The molecule has 3 rings (SSSR count). The van der Waals surface area contributed by atoms with Gasteiger partial charge in [0, 0.05) is 19.0 Å². The first-order chi connectivity index (χ1) is 11.1. The van der Waals surface area contributed by atoms with Crippen molar-refractivity contribution in [2.45, 2.75) is 38.9 Å². The molecular formula is C15H21N5O2S. The highest BCUT2D eigenvalue weighted by atomic mass is 32.1. The molecule has 7 nitrogen and oxygen atoms in total. The van der Waals surface area contributed by atoms with E-state index < -0.39 is 0 Å². The Labute approximate surface area is 139 Å². The summed E-state index contributed by atoms with van der Waals surface area (Å²) in [6, 6.07) is 4.06. The van der Waals surface area contributed by atoms with Gasteiger partial charge >= 0.3 is 0 Å². The van der Waals surface area contributed by atoms with Gasteiger partial charge in [0.2, 0.25) is 0 Å². The van der Waals surface area contributed by atoms with Gasteiger partial charge in [0.05, 0.1) is 30.7 Å². The minimum atomic E-state index is 0.0654. The summed E-state index contributed by atoms with van der Waals surface area (Å²) in [5.74, 6) is 0.999. The monoisotopic (exact) mass is 335 g/mol. The molecule has 1 saturated heterocycles. The Morgan fingerprint density at radius 2 is 2.39 bits per heavy atom. The highest BCUT2D eigenvalue weighted by Crippen LogP contribution is 2.19. The van der Waals surface area contributed by atoms with Crippen molar-refractivity contribution in [3.8, 4) is 0 Å². The lowest BCUT2D eigenvalue weighted by Gasteiger charge is -2.34. The van der Waals surface area contributed by atoms with E-state index in [1.54, 1.807) is 0 Å². The highest BCUT2D eigenvalue weighted by molar-refractivity contribution is 7.12. The normalized spacial score (nSPS) is 19.3. The van der Waals surface area contributed by atoms with Crippen LogP contribution < -0.4 is 0 Å². The van der Waals surface area contributed by atoms with Crippen LogP contribution in [0.1, 0.15) is 41.8 Å². The van der Waals surface area contributed by atoms with Gasteiger partial charge in [-0.3, -0.25) is 9.69 Å². The van der Waals surface area contributed by atoms with Crippen molar-refractivity contribution in [3.05, 3.63) is 28.2 Å². The van der Waals surface area contributed by atoms with Crippen LogP contribution in [0.15, 0.2) is 17.5 Å². The third kappa shape index (κ3) is 3.82. The number of Topliss-reactive ketones (excluding diaryl/α,β-unsaturated/α-hetero) is 1. The fraction of sp³-hybridized carbons (Fsp3) is 0.600. The lowest BCUT2D eigenvalue weighted by molar-refractivity contribution is -0.0143. The number of hydrogen-bond acceptors (Lipinski definition) is 7. The SMILES string of the molecule is CC(C)n1nnnc1CN1CCOC[C@@H]1CC(=O)c1cccs1. The first kappa shape index (κ1) is 16.2.